The van der Waals surface area contributed by atoms with Gasteiger partial charge >= 0.3 is 0 Å². The molecule has 1 atom stereocenters. The predicted octanol–water partition coefficient (Wildman–Crippen LogP) is 5.28. The molecule has 0 aliphatic carbocycles. The molecule has 1 saturated heterocycles. The molecule has 114 valence electrons. The lowest BCUT2D eigenvalue weighted by molar-refractivity contribution is 0.396. The summed E-state index contributed by atoms with van der Waals surface area (Å²) in [5.41, 5.74) is 2.33. The SMILES string of the molecule is S=C(Nc1cccc(Br)c1)N1CCCSC1c1ccccc1. The summed E-state index contributed by atoms with van der Waals surface area (Å²) in [6, 6.07) is 18.7. The van der Waals surface area contributed by atoms with Crippen LogP contribution in [0.4, 0.5) is 5.69 Å². The van der Waals surface area contributed by atoms with E-state index in [4.69, 9.17) is 12.2 Å². The predicted molar refractivity (Wildman–Crippen MR) is 103 cm³/mol. The largest absolute Gasteiger partial charge is 0.333 e. The van der Waals surface area contributed by atoms with Gasteiger partial charge in [0.05, 0.1) is 0 Å². The summed E-state index contributed by atoms with van der Waals surface area (Å²) in [7, 11) is 0. The van der Waals surface area contributed by atoms with Crippen molar-refractivity contribution in [2.24, 2.45) is 0 Å². The second-order valence-corrected chi connectivity index (χ2v) is 7.61. The number of thioether (sulfide) groups is 1. The van der Waals surface area contributed by atoms with Gasteiger partial charge in [-0.1, -0.05) is 52.3 Å². The van der Waals surface area contributed by atoms with Gasteiger partial charge in [0.25, 0.3) is 0 Å². The van der Waals surface area contributed by atoms with Gasteiger partial charge in [-0.3, -0.25) is 0 Å². The highest BCUT2D eigenvalue weighted by Crippen LogP contribution is 2.37. The van der Waals surface area contributed by atoms with Crippen molar-refractivity contribution >= 4 is 50.7 Å². The Morgan fingerprint density at radius 3 is 2.77 bits per heavy atom. The molecule has 1 aliphatic rings. The van der Waals surface area contributed by atoms with Crippen molar-refractivity contribution in [3.8, 4) is 0 Å². The highest BCUT2D eigenvalue weighted by atomic mass is 79.9. The van der Waals surface area contributed by atoms with Crippen LogP contribution in [0.3, 0.4) is 0 Å². The van der Waals surface area contributed by atoms with E-state index in [2.05, 4.69) is 56.5 Å². The lowest BCUT2D eigenvalue weighted by atomic mass is 10.2. The van der Waals surface area contributed by atoms with Crippen LogP contribution >= 0.6 is 39.9 Å². The Labute approximate surface area is 149 Å². The van der Waals surface area contributed by atoms with Gasteiger partial charge in [-0.15, -0.1) is 11.8 Å². The second-order valence-electron chi connectivity index (χ2n) is 5.12. The molecule has 0 spiro atoms. The number of anilines is 1. The molecule has 1 fully saturated rings. The van der Waals surface area contributed by atoms with E-state index in [0.29, 0.717) is 5.37 Å². The fraction of sp³-hybridized carbons (Fsp3) is 0.235. The van der Waals surface area contributed by atoms with Crippen LogP contribution < -0.4 is 5.32 Å². The zero-order valence-electron chi connectivity index (χ0n) is 12.0. The molecule has 0 bridgehead atoms. The molecular weight excluding hydrogens is 376 g/mol. The average molecular weight is 393 g/mol. The molecule has 1 unspecified atom stereocenters. The lowest BCUT2D eigenvalue weighted by Gasteiger charge is -2.37. The number of rotatable bonds is 2. The topological polar surface area (TPSA) is 15.3 Å². The van der Waals surface area contributed by atoms with Gasteiger partial charge in [-0.25, -0.2) is 0 Å². The molecule has 1 aliphatic heterocycles. The number of nitrogens with one attached hydrogen (secondary N) is 1. The molecule has 2 aromatic rings. The molecule has 1 heterocycles. The maximum atomic E-state index is 5.66. The number of thiocarbonyl (C=S) groups is 1. The highest BCUT2D eigenvalue weighted by molar-refractivity contribution is 9.10. The Kier molecular flexibility index (Phi) is 5.39. The van der Waals surface area contributed by atoms with E-state index in [1.54, 1.807) is 0 Å². The van der Waals surface area contributed by atoms with E-state index < -0.39 is 0 Å². The van der Waals surface area contributed by atoms with Crippen LogP contribution in [0.1, 0.15) is 17.4 Å². The monoisotopic (exact) mass is 392 g/mol. The van der Waals surface area contributed by atoms with E-state index in [1.165, 1.54) is 11.3 Å². The first-order chi connectivity index (χ1) is 10.7. The minimum absolute atomic E-state index is 0.294. The first kappa shape index (κ1) is 15.8. The molecule has 5 heteroatoms. The maximum absolute atomic E-state index is 5.66. The van der Waals surface area contributed by atoms with Gasteiger partial charge in [0.1, 0.15) is 5.37 Å². The minimum Gasteiger partial charge on any atom is -0.333 e. The summed E-state index contributed by atoms with van der Waals surface area (Å²) in [6.07, 6.45) is 1.16. The van der Waals surface area contributed by atoms with Crippen molar-refractivity contribution in [3.63, 3.8) is 0 Å². The van der Waals surface area contributed by atoms with Crippen LogP contribution in [-0.2, 0) is 0 Å². The van der Waals surface area contributed by atoms with Gasteiger partial charge < -0.3 is 10.2 Å². The molecule has 0 radical (unpaired) electrons. The van der Waals surface area contributed by atoms with Gasteiger partial charge in [0.2, 0.25) is 0 Å². The second kappa shape index (κ2) is 7.49. The normalized spacial score (nSPS) is 18.0. The molecule has 22 heavy (non-hydrogen) atoms. The van der Waals surface area contributed by atoms with Crippen molar-refractivity contribution in [3.05, 3.63) is 64.6 Å². The van der Waals surface area contributed by atoms with Crippen LogP contribution in [-0.4, -0.2) is 22.3 Å². The summed E-state index contributed by atoms with van der Waals surface area (Å²) in [5.74, 6) is 1.18. The van der Waals surface area contributed by atoms with Crippen molar-refractivity contribution in [1.82, 2.24) is 4.90 Å². The Balaban J connectivity index is 1.77. The summed E-state index contributed by atoms with van der Waals surface area (Å²) in [4.78, 5) is 2.29. The van der Waals surface area contributed by atoms with E-state index >= 15 is 0 Å². The lowest BCUT2D eigenvalue weighted by Crippen LogP contribution is -2.40. The number of halogens is 1. The molecule has 3 rings (SSSR count). The van der Waals surface area contributed by atoms with Crippen LogP contribution in [0.2, 0.25) is 0 Å². The molecule has 2 aromatic carbocycles. The Hall–Kier alpha value is -1.04. The molecule has 2 nitrogen and oxygen atoms in total. The van der Waals surface area contributed by atoms with E-state index in [9.17, 15) is 0 Å². The van der Waals surface area contributed by atoms with E-state index in [0.717, 1.165) is 28.2 Å². The minimum atomic E-state index is 0.294. The van der Waals surface area contributed by atoms with Crippen LogP contribution in [0.25, 0.3) is 0 Å². The third kappa shape index (κ3) is 3.83. The van der Waals surface area contributed by atoms with Crippen molar-refractivity contribution in [2.45, 2.75) is 11.8 Å². The third-order valence-corrected chi connectivity index (χ3v) is 5.72. The quantitative estimate of drug-likeness (QED) is 0.698. The standard InChI is InChI=1S/C17H17BrN2S2/c18-14-8-4-9-15(12-14)19-17(21)20-10-5-11-22-16(20)13-6-2-1-3-7-13/h1-4,6-9,12,16H,5,10-11H2,(H,19,21). The highest BCUT2D eigenvalue weighted by Gasteiger charge is 2.26. The molecule has 0 saturated carbocycles. The zero-order chi connectivity index (χ0) is 15.4. The van der Waals surface area contributed by atoms with Crippen molar-refractivity contribution in [2.75, 3.05) is 17.6 Å². The Morgan fingerprint density at radius 1 is 1.18 bits per heavy atom. The van der Waals surface area contributed by atoms with Gasteiger partial charge in [-0.2, -0.15) is 0 Å². The van der Waals surface area contributed by atoms with Gasteiger partial charge in [0, 0.05) is 16.7 Å². The van der Waals surface area contributed by atoms with Gasteiger partial charge in [-0.05, 0) is 48.2 Å². The van der Waals surface area contributed by atoms with Crippen molar-refractivity contribution in [1.29, 1.82) is 0 Å². The number of nitrogens with zero attached hydrogens (tertiary/aromatic N) is 1. The molecular formula is C17H17BrN2S2. The summed E-state index contributed by atoms with van der Waals surface area (Å²) in [5, 5.41) is 4.45. The van der Waals surface area contributed by atoms with E-state index in [-0.39, 0.29) is 0 Å². The third-order valence-electron chi connectivity index (χ3n) is 3.52. The molecule has 1 N–H and O–H groups in total. The Bertz CT molecular complexity index is 648. The fourth-order valence-electron chi connectivity index (χ4n) is 2.50. The molecule has 0 amide bonds. The molecule has 0 aromatic heterocycles. The number of hydrogen-bond donors (Lipinski definition) is 1. The van der Waals surface area contributed by atoms with Crippen LogP contribution in [0.15, 0.2) is 59.1 Å². The first-order valence-electron chi connectivity index (χ1n) is 7.24. The van der Waals surface area contributed by atoms with Crippen LogP contribution in [0, 0.1) is 0 Å². The maximum Gasteiger partial charge on any atom is 0.174 e. The summed E-state index contributed by atoms with van der Waals surface area (Å²) >= 11 is 11.1. The first-order valence-corrected chi connectivity index (χ1v) is 9.49. The zero-order valence-corrected chi connectivity index (χ0v) is 15.3. The fourth-order valence-corrected chi connectivity index (χ4v) is 4.54. The average Bonchev–Trinajstić information content (AvgIpc) is 2.56. The number of hydrogen-bond acceptors (Lipinski definition) is 2. The summed E-state index contributed by atoms with van der Waals surface area (Å²) in [6.45, 7) is 0.992. The smallest absolute Gasteiger partial charge is 0.174 e. The van der Waals surface area contributed by atoms with Crippen molar-refractivity contribution < 1.29 is 0 Å². The van der Waals surface area contributed by atoms with E-state index in [1.807, 2.05) is 36.0 Å². The number of benzene rings is 2. The Morgan fingerprint density at radius 2 is 2.00 bits per heavy atom. The summed E-state index contributed by atoms with van der Waals surface area (Å²) < 4.78 is 1.05. The van der Waals surface area contributed by atoms with Gasteiger partial charge in [0.15, 0.2) is 5.11 Å². The van der Waals surface area contributed by atoms with Crippen LogP contribution in [0.5, 0.6) is 0 Å².